The molecule has 1 spiro atoms. The molecule has 0 amide bonds. The molecule has 3 aliphatic rings. The standard InChI is InChI=1S/C25H20F2N6OS.C5H12/c1-11-7-33(10-25(11)2-3-25)24-31-5-13-14-8-34-9-15(14)17(19(27)20(13)32-24)21-18-12(4-28)23(29)35-22(18)16(26)6-30-21;1-4-5(2)3/h5-6,11H,2-3,7-10,29H2,1H3;5H,4H2,1-3H3. The van der Waals surface area contributed by atoms with Crippen molar-refractivity contribution in [3.8, 4) is 17.3 Å². The van der Waals surface area contributed by atoms with Gasteiger partial charge in [0.25, 0.3) is 0 Å². The molecule has 1 unspecified atom stereocenters. The van der Waals surface area contributed by atoms with Gasteiger partial charge in [-0.2, -0.15) is 5.26 Å². The third-order valence-corrected chi connectivity index (χ3v) is 9.80. The molecule has 2 fully saturated rings. The second-order valence-corrected chi connectivity index (χ2v) is 12.7. The van der Waals surface area contributed by atoms with E-state index < -0.39 is 11.6 Å². The lowest BCUT2D eigenvalue weighted by atomic mass is 9.94. The molecule has 4 aromatic rings. The number of rotatable bonds is 3. The molecular weight excluding hydrogens is 530 g/mol. The van der Waals surface area contributed by atoms with E-state index in [1.807, 2.05) is 6.07 Å². The zero-order valence-electron chi connectivity index (χ0n) is 23.1. The van der Waals surface area contributed by atoms with Crippen LogP contribution < -0.4 is 10.6 Å². The van der Waals surface area contributed by atoms with Gasteiger partial charge < -0.3 is 15.4 Å². The fourth-order valence-electron chi connectivity index (χ4n) is 5.78. The fourth-order valence-corrected chi connectivity index (χ4v) is 6.70. The molecule has 1 atom stereocenters. The number of hydrogen-bond acceptors (Lipinski definition) is 8. The van der Waals surface area contributed by atoms with Gasteiger partial charge in [0.05, 0.1) is 35.4 Å². The quantitative estimate of drug-likeness (QED) is 0.288. The highest BCUT2D eigenvalue weighted by Gasteiger charge is 2.53. The molecule has 0 bridgehead atoms. The van der Waals surface area contributed by atoms with Crippen molar-refractivity contribution in [2.45, 2.75) is 60.2 Å². The number of halogens is 2. The van der Waals surface area contributed by atoms with Gasteiger partial charge in [0.1, 0.15) is 16.6 Å². The van der Waals surface area contributed by atoms with Crippen LogP contribution >= 0.6 is 11.3 Å². The minimum absolute atomic E-state index is 0.100. The van der Waals surface area contributed by atoms with Gasteiger partial charge >= 0.3 is 0 Å². The highest BCUT2D eigenvalue weighted by atomic mass is 32.1. The smallest absolute Gasteiger partial charge is 0.226 e. The van der Waals surface area contributed by atoms with E-state index in [2.05, 4.69) is 47.5 Å². The van der Waals surface area contributed by atoms with Crippen molar-refractivity contribution in [3.63, 3.8) is 0 Å². The predicted octanol–water partition coefficient (Wildman–Crippen LogP) is 6.96. The van der Waals surface area contributed by atoms with Gasteiger partial charge in [0.15, 0.2) is 11.6 Å². The molecule has 7 rings (SSSR count). The first-order valence-electron chi connectivity index (χ1n) is 13.8. The number of benzene rings is 1. The van der Waals surface area contributed by atoms with E-state index in [9.17, 15) is 9.65 Å². The molecule has 10 heteroatoms. The lowest BCUT2D eigenvalue weighted by molar-refractivity contribution is 0.135. The Morgan fingerprint density at radius 3 is 2.60 bits per heavy atom. The van der Waals surface area contributed by atoms with Gasteiger partial charge in [0, 0.05) is 35.6 Å². The molecule has 1 saturated heterocycles. The number of thiophene rings is 1. The average Bonchev–Trinajstić information content (AvgIpc) is 3.25. The van der Waals surface area contributed by atoms with Crippen LogP contribution in [-0.2, 0) is 18.0 Å². The van der Waals surface area contributed by atoms with Gasteiger partial charge in [-0.05, 0) is 41.2 Å². The van der Waals surface area contributed by atoms with Crippen LogP contribution in [0.4, 0.5) is 19.7 Å². The number of nitrogens with two attached hydrogens (primary N) is 1. The van der Waals surface area contributed by atoms with Gasteiger partial charge in [-0.3, -0.25) is 4.98 Å². The van der Waals surface area contributed by atoms with Crippen LogP contribution in [0.15, 0.2) is 12.4 Å². The van der Waals surface area contributed by atoms with Crippen LogP contribution in [-0.4, -0.2) is 28.0 Å². The summed E-state index contributed by atoms with van der Waals surface area (Å²) in [5.41, 5.74) is 8.39. The van der Waals surface area contributed by atoms with Crippen molar-refractivity contribution in [2.24, 2.45) is 17.3 Å². The maximum absolute atomic E-state index is 16.4. The van der Waals surface area contributed by atoms with Crippen LogP contribution in [0.5, 0.6) is 0 Å². The van der Waals surface area contributed by atoms with Crippen molar-refractivity contribution in [1.82, 2.24) is 15.0 Å². The Hall–Kier alpha value is -3.42. The third kappa shape index (κ3) is 4.18. The lowest BCUT2D eigenvalue weighted by Gasteiger charge is -2.18. The Morgan fingerprint density at radius 1 is 1.23 bits per heavy atom. The topological polar surface area (TPSA) is 101 Å². The Bertz CT molecular complexity index is 1690. The molecule has 3 aromatic heterocycles. The van der Waals surface area contributed by atoms with Crippen molar-refractivity contribution >= 4 is 43.3 Å². The number of nitrogen functional groups attached to an aromatic ring is 1. The molecule has 5 heterocycles. The number of aromatic nitrogens is 3. The Morgan fingerprint density at radius 2 is 1.95 bits per heavy atom. The minimum Gasteiger partial charge on any atom is -0.389 e. The maximum Gasteiger partial charge on any atom is 0.226 e. The van der Waals surface area contributed by atoms with E-state index >= 15 is 4.39 Å². The van der Waals surface area contributed by atoms with Gasteiger partial charge in [-0.25, -0.2) is 18.7 Å². The summed E-state index contributed by atoms with van der Waals surface area (Å²) in [7, 11) is 0. The van der Waals surface area contributed by atoms with Crippen LogP contribution in [0.2, 0.25) is 0 Å². The lowest BCUT2D eigenvalue weighted by Crippen LogP contribution is -2.22. The summed E-state index contributed by atoms with van der Waals surface area (Å²) in [6, 6.07) is 2.04. The Labute approximate surface area is 236 Å². The van der Waals surface area contributed by atoms with Gasteiger partial charge in [0.2, 0.25) is 5.95 Å². The molecule has 2 aliphatic heterocycles. The second kappa shape index (κ2) is 9.89. The zero-order chi connectivity index (χ0) is 28.3. The van der Waals surface area contributed by atoms with Crippen molar-refractivity contribution in [2.75, 3.05) is 23.7 Å². The third-order valence-electron chi connectivity index (χ3n) is 8.77. The highest BCUT2D eigenvalue weighted by molar-refractivity contribution is 7.23. The normalized spacial score (nSPS) is 18.9. The summed E-state index contributed by atoms with van der Waals surface area (Å²) >= 11 is 0.961. The van der Waals surface area contributed by atoms with Crippen molar-refractivity contribution in [1.29, 1.82) is 5.26 Å². The Balaban J connectivity index is 0.000000534. The van der Waals surface area contributed by atoms with E-state index in [1.54, 1.807) is 6.20 Å². The number of ether oxygens (including phenoxy) is 1. The molecule has 2 N–H and O–H groups in total. The number of anilines is 2. The van der Waals surface area contributed by atoms with Crippen LogP contribution in [0, 0.1) is 40.2 Å². The Kier molecular flexibility index (Phi) is 6.62. The van der Waals surface area contributed by atoms with E-state index in [0.717, 1.165) is 42.1 Å². The molecular formula is C30H32F2N6OS. The van der Waals surface area contributed by atoms with Gasteiger partial charge in [-0.1, -0.05) is 34.1 Å². The molecule has 1 saturated carbocycles. The van der Waals surface area contributed by atoms with Crippen LogP contribution in [0.1, 0.15) is 63.6 Å². The summed E-state index contributed by atoms with van der Waals surface area (Å²) in [6.07, 6.45) is 6.45. The van der Waals surface area contributed by atoms with Crippen molar-refractivity contribution < 1.29 is 13.5 Å². The summed E-state index contributed by atoms with van der Waals surface area (Å²) in [5.74, 6) is 0.760. The highest BCUT2D eigenvalue weighted by Crippen LogP contribution is 2.56. The summed E-state index contributed by atoms with van der Waals surface area (Å²) in [4.78, 5) is 15.7. The van der Waals surface area contributed by atoms with Crippen molar-refractivity contribution in [3.05, 3.63) is 40.7 Å². The summed E-state index contributed by atoms with van der Waals surface area (Å²) in [6.45, 7) is 11.1. The van der Waals surface area contributed by atoms with Crippen LogP contribution in [0.3, 0.4) is 0 Å². The number of fused-ring (bicyclic) bond motifs is 4. The number of hydrogen-bond donors (Lipinski definition) is 1. The summed E-state index contributed by atoms with van der Waals surface area (Å²) in [5, 5.41) is 10.7. The molecule has 208 valence electrons. The predicted molar refractivity (Wildman–Crippen MR) is 154 cm³/mol. The van der Waals surface area contributed by atoms with Crippen LogP contribution in [0.25, 0.3) is 32.2 Å². The molecule has 7 nitrogen and oxygen atoms in total. The fraction of sp³-hybridized carbons (Fsp3) is 0.467. The van der Waals surface area contributed by atoms with E-state index in [1.165, 1.54) is 19.3 Å². The molecule has 0 radical (unpaired) electrons. The van der Waals surface area contributed by atoms with Gasteiger partial charge in [-0.15, -0.1) is 11.3 Å². The van der Waals surface area contributed by atoms with E-state index in [0.29, 0.717) is 28.2 Å². The molecule has 1 aromatic carbocycles. The summed E-state index contributed by atoms with van der Waals surface area (Å²) < 4.78 is 36.9. The van der Waals surface area contributed by atoms with E-state index in [4.69, 9.17) is 10.5 Å². The monoisotopic (exact) mass is 562 g/mol. The number of nitriles is 1. The van der Waals surface area contributed by atoms with E-state index in [-0.39, 0.29) is 50.6 Å². The first kappa shape index (κ1) is 26.8. The number of pyridine rings is 1. The first-order valence-corrected chi connectivity index (χ1v) is 14.6. The second-order valence-electron chi connectivity index (χ2n) is 11.6. The maximum atomic E-state index is 16.4. The largest absolute Gasteiger partial charge is 0.389 e. The SMILES string of the molecule is CC1CN(c2ncc3c4c(c(-c5ncc(F)c6sc(N)c(C#N)c56)c(F)c3n2)COC4)CC12CC2.CCC(C)C. The zero-order valence-corrected chi connectivity index (χ0v) is 24.0. The molecule has 40 heavy (non-hydrogen) atoms. The average molecular weight is 563 g/mol. The molecule has 1 aliphatic carbocycles. The minimum atomic E-state index is -0.599. The first-order chi connectivity index (χ1) is 19.2. The number of nitrogens with zero attached hydrogens (tertiary/aromatic N) is 5.